The first kappa shape index (κ1) is 36.9. The van der Waals surface area contributed by atoms with Crippen LogP contribution in [0.1, 0.15) is 69.6 Å². The van der Waals surface area contributed by atoms with Gasteiger partial charge in [-0.2, -0.15) is 13.2 Å². The normalized spacial score (nSPS) is 21.1. The molecular formula is C43H42F3N2O4P. The van der Waals surface area contributed by atoms with Gasteiger partial charge in [0, 0.05) is 17.2 Å². The molecule has 0 spiro atoms. The first-order valence-electron chi connectivity index (χ1n) is 17.9. The fourth-order valence-electron chi connectivity index (χ4n) is 7.94. The Kier molecular flexibility index (Phi) is 11.1. The molecule has 7 rings (SSSR count). The highest BCUT2D eigenvalue weighted by atomic mass is 31.2. The molecule has 1 N–H and O–H groups in total. The van der Waals surface area contributed by atoms with E-state index < -0.39 is 25.8 Å². The number of rotatable bonds is 12. The fraction of sp³-hybridized carbons (Fsp3) is 0.302. The number of aromatic nitrogens is 1. The molecule has 53 heavy (non-hydrogen) atoms. The summed E-state index contributed by atoms with van der Waals surface area (Å²) in [6.07, 6.45) is -1.62. The van der Waals surface area contributed by atoms with Crippen molar-refractivity contribution in [3.63, 3.8) is 0 Å². The molecular weight excluding hydrogens is 696 g/mol. The van der Waals surface area contributed by atoms with Crippen LogP contribution in [-0.2, 0) is 45.0 Å². The van der Waals surface area contributed by atoms with Gasteiger partial charge in [-0.25, -0.2) is 0 Å². The quantitative estimate of drug-likeness (QED) is 0.129. The van der Waals surface area contributed by atoms with Crippen molar-refractivity contribution in [1.82, 2.24) is 4.98 Å². The second-order valence-electron chi connectivity index (χ2n) is 14.0. The molecule has 2 aliphatic rings. The molecule has 6 nitrogen and oxygen atoms in total. The van der Waals surface area contributed by atoms with Crippen molar-refractivity contribution in [2.24, 2.45) is 5.92 Å². The lowest BCUT2D eigenvalue weighted by molar-refractivity contribution is -0.271. The highest BCUT2D eigenvalue weighted by Gasteiger charge is 2.64. The maximum Gasteiger partial charge on any atom is 0.417 e. The van der Waals surface area contributed by atoms with Gasteiger partial charge in [-0.05, 0) is 103 Å². The Morgan fingerprint density at radius 2 is 1.45 bits per heavy atom. The molecule has 0 bridgehead atoms. The number of carbonyl (C=O) groups excluding carboxylic acids is 1. The molecule has 3 atom stereocenters. The molecule has 1 fully saturated rings. The standard InChI is InChI=1S/C43H42F3N2O4P/c1-31-39(18-11-25-47-31)48-40(49)36-20-22-38-35(26-36)19-21-37-28-42(43(44,45)46,24-23-41(37,38)27-32-12-5-2-6-13-32)52-53(50-29-33-14-7-3-8-15-33)51-30-34-16-9-4-10-17-34/h2-18,20,22,25-26,37H,19,21,23-24,27-30H2,1H3,(H,48,49)/t37?,41-,42+/m0/s1. The monoisotopic (exact) mass is 738 g/mol. The van der Waals surface area contributed by atoms with Gasteiger partial charge in [0.25, 0.3) is 5.91 Å². The number of halogens is 3. The number of anilines is 1. The van der Waals surface area contributed by atoms with Crippen LogP contribution in [0.25, 0.3) is 0 Å². The number of hydrogen-bond acceptors (Lipinski definition) is 5. The van der Waals surface area contributed by atoms with Crippen molar-refractivity contribution < 1.29 is 31.5 Å². The Bertz CT molecular complexity index is 1960. The lowest BCUT2D eigenvalue weighted by Crippen LogP contribution is -2.57. The molecule has 0 radical (unpaired) electrons. The van der Waals surface area contributed by atoms with Crippen LogP contribution in [0, 0.1) is 12.8 Å². The average Bonchev–Trinajstić information content (AvgIpc) is 3.17. The topological polar surface area (TPSA) is 69.7 Å². The maximum atomic E-state index is 15.6. The van der Waals surface area contributed by atoms with E-state index in [1.54, 1.807) is 24.4 Å². The number of benzene rings is 4. The summed E-state index contributed by atoms with van der Waals surface area (Å²) in [5.41, 5.74) is 3.46. The highest BCUT2D eigenvalue weighted by Crippen LogP contribution is 2.62. The molecule has 0 saturated heterocycles. The third-order valence-corrected chi connectivity index (χ3v) is 11.9. The van der Waals surface area contributed by atoms with Crippen LogP contribution in [0.3, 0.4) is 0 Å². The summed E-state index contributed by atoms with van der Waals surface area (Å²) in [7, 11) is -2.39. The molecule has 1 amide bonds. The SMILES string of the molecule is Cc1ncccc1NC(=O)c1ccc2c(c1)CCC1C[C@@](OP(OCc3ccccc3)OCc3ccccc3)(C(F)(F)F)CC[C@@]21Cc1ccccc1. The van der Waals surface area contributed by atoms with Crippen LogP contribution < -0.4 is 5.32 Å². The van der Waals surface area contributed by atoms with Crippen LogP contribution in [0.15, 0.2) is 128 Å². The van der Waals surface area contributed by atoms with Crippen LogP contribution in [0.4, 0.5) is 18.9 Å². The Morgan fingerprint density at radius 1 is 0.830 bits per heavy atom. The minimum Gasteiger partial charge on any atom is -0.320 e. The summed E-state index contributed by atoms with van der Waals surface area (Å²) in [6.45, 7) is 1.94. The summed E-state index contributed by atoms with van der Waals surface area (Å²) < 4.78 is 65.0. The zero-order chi connectivity index (χ0) is 36.9. The molecule has 4 aromatic carbocycles. The first-order chi connectivity index (χ1) is 25.6. The Labute approximate surface area is 309 Å². The van der Waals surface area contributed by atoms with Crippen molar-refractivity contribution >= 4 is 20.2 Å². The predicted molar refractivity (Wildman–Crippen MR) is 200 cm³/mol. The Balaban J connectivity index is 1.19. The summed E-state index contributed by atoms with van der Waals surface area (Å²) in [5, 5.41) is 2.96. The van der Waals surface area contributed by atoms with E-state index >= 15 is 13.2 Å². The predicted octanol–water partition coefficient (Wildman–Crippen LogP) is 10.8. The van der Waals surface area contributed by atoms with Crippen LogP contribution in [0.2, 0.25) is 0 Å². The number of nitrogens with zero attached hydrogens (tertiary/aromatic N) is 1. The van der Waals surface area contributed by atoms with Gasteiger partial charge in [-0.1, -0.05) is 97.1 Å². The van der Waals surface area contributed by atoms with Crippen molar-refractivity contribution in [1.29, 1.82) is 0 Å². The van der Waals surface area contributed by atoms with Crippen molar-refractivity contribution in [3.8, 4) is 0 Å². The van der Waals surface area contributed by atoms with Gasteiger partial charge >= 0.3 is 14.8 Å². The van der Waals surface area contributed by atoms with Gasteiger partial charge in [0.15, 0.2) is 5.60 Å². The third-order valence-electron chi connectivity index (χ3n) is 10.7. The van der Waals surface area contributed by atoms with Gasteiger partial charge < -0.3 is 14.4 Å². The van der Waals surface area contributed by atoms with Gasteiger partial charge in [0.1, 0.15) is 0 Å². The summed E-state index contributed by atoms with van der Waals surface area (Å²) in [5.74, 6) is -0.612. The number of amides is 1. The van der Waals surface area contributed by atoms with Crippen molar-refractivity contribution in [3.05, 3.63) is 167 Å². The Morgan fingerprint density at radius 3 is 2.06 bits per heavy atom. The lowest BCUT2D eigenvalue weighted by atomic mass is 9.52. The number of pyridine rings is 1. The number of carbonyl (C=O) groups is 1. The number of alkyl halides is 3. The molecule has 1 heterocycles. The van der Waals surface area contributed by atoms with Crippen molar-refractivity contribution in [2.75, 3.05) is 5.32 Å². The molecule has 274 valence electrons. The zero-order valence-electron chi connectivity index (χ0n) is 29.5. The fourth-order valence-corrected chi connectivity index (χ4v) is 9.18. The van der Waals surface area contributed by atoms with E-state index in [-0.39, 0.29) is 44.3 Å². The molecule has 5 aromatic rings. The second-order valence-corrected chi connectivity index (χ2v) is 15.2. The minimum atomic E-state index is -4.68. The molecule has 0 aliphatic heterocycles. The molecule has 1 unspecified atom stereocenters. The first-order valence-corrected chi connectivity index (χ1v) is 19.0. The second kappa shape index (κ2) is 15.9. The molecule has 10 heteroatoms. The van der Waals surface area contributed by atoms with Crippen LogP contribution in [-0.4, -0.2) is 22.7 Å². The number of aryl methyl sites for hydroxylation is 2. The number of hydrogen-bond donors (Lipinski definition) is 1. The number of nitrogens with one attached hydrogen (secondary N) is 1. The smallest absolute Gasteiger partial charge is 0.320 e. The van der Waals surface area contributed by atoms with E-state index in [4.69, 9.17) is 13.6 Å². The van der Waals surface area contributed by atoms with Crippen molar-refractivity contribution in [2.45, 2.75) is 75.9 Å². The summed E-state index contributed by atoms with van der Waals surface area (Å²) >= 11 is 0. The largest absolute Gasteiger partial charge is 0.417 e. The van der Waals surface area contributed by atoms with Crippen LogP contribution in [0.5, 0.6) is 0 Å². The van der Waals surface area contributed by atoms with E-state index in [1.165, 1.54) is 0 Å². The summed E-state index contributed by atoms with van der Waals surface area (Å²) in [4.78, 5) is 17.7. The Hall–Kier alpha value is -4.40. The maximum absolute atomic E-state index is 15.6. The molecule has 1 aromatic heterocycles. The van der Waals surface area contributed by atoms with E-state index in [0.717, 1.165) is 27.8 Å². The van der Waals surface area contributed by atoms with E-state index in [1.807, 2.05) is 110 Å². The zero-order valence-corrected chi connectivity index (χ0v) is 30.4. The van der Waals surface area contributed by atoms with E-state index in [9.17, 15) is 4.79 Å². The third kappa shape index (κ3) is 8.24. The van der Waals surface area contributed by atoms with Crippen LogP contribution >= 0.6 is 8.60 Å². The van der Waals surface area contributed by atoms with Gasteiger partial charge in [-0.3, -0.25) is 14.3 Å². The summed E-state index contributed by atoms with van der Waals surface area (Å²) in [6, 6.07) is 37.8. The van der Waals surface area contributed by atoms with E-state index in [2.05, 4.69) is 10.3 Å². The average molecular weight is 739 g/mol. The number of fused-ring (bicyclic) bond motifs is 3. The molecule has 2 aliphatic carbocycles. The van der Waals surface area contributed by atoms with Gasteiger partial charge in [0.2, 0.25) is 0 Å². The highest BCUT2D eigenvalue weighted by molar-refractivity contribution is 7.41. The van der Waals surface area contributed by atoms with Gasteiger partial charge in [-0.15, -0.1) is 0 Å². The lowest BCUT2D eigenvalue weighted by Gasteiger charge is -2.55. The molecule has 1 saturated carbocycles. The van der Waals surface area contributed by atoms with Gasteiger partial charge in [0.05, 0.1) is 24.6 Å². The van der Waals surface area contributed by atoms with E-state index in [0.29, 0.717) is 36.2 Å². The minimum absolute atomic E-state index is 0.0558.